The number of allylic oxidation sites excluding steroid dienone is 2. The van der Waals surface area contributed by atoms with Crippen LogP contribution in [0.25, 0.3) is 0 Å². The topological polar surface area (TPSA) is 351 Å². The van der Waals surface area contributed by atoms with Gasteiger partial charge in [-0.3, -0.25) is 4.79 Å². The van der Waals surface area contributed by atoms with Gasteiger partial charge in [-0.15, -0.1) is 0 Å². The number of ketones is 1. The Morgan fingerprint density at radius 2 is 1.19 bits per heavy atom. The van der Waals surface area contributed by atoms with Gasteiger partial charge in [0.15, 0.2) is 64.3 Å². The first-order valence-corrected chi connectivity index (χ1v) is 18.8. The van der Waals surface area contributed by atoms with Crippen molar-refractivity contribution in [3.05, 3.63) is 123 Å². The van der Waals surface area contributed by atoms with Crippen LogP contribution in [0.1, 0.15) is 62.7 Å². The average molecular weight is 883 g/mol. The maximum atomic E-state index is 14.1. The number of phenolic OH excluding ortho intramolecular Hbond substituents is 11. The Bertz CT molecular complexity index is 2860. The van der Waals surface area contributed by atoms with Gasteiger partial charge in [-0.1, -0.05) is 12.1 Å². The van der Waals surface area contributed by atoms with Crippen molar-refractivity contribution in [2.24, 2.45) is 0 Å². The molecular formula is C44H34O20. The van der Waals surface area contributed by atoms with Crippen LogP contribution in [-0.2, 0) is 25.5 Å². The number of hydrogen-bond donors (Lipinski definition) is 13. The summed E-state index contributed by atoms with van der Waals surface area (Å²) in [5.41, 5.74) is -1.79. The van der Waals surface area contributed by atoms with Crippen LogP contribution in [0.5, 0.6) is 74.7 Å². The standard InChI is InChI=1S/C44H34O20/c45-19-11-26(51)34-32(12-19)61-40(16-2-4-22(47)25(50)6-16)42(64-44(60)18-9-30(55)38(58)31(56)10-18)36(34)35-27(52)14-23(48)20-13-33(62-43(59)17-7-28(53)37(57)29(54)8-17)39(63-41(20)35)15-1-3-21(46)24(49)5-15/h1-9,11-12,14,33,36,39-40,42,45-55,57-58H,10,13H2. The molecule has 1 aliphatic carbocycles. The van der Waals surface area contributed by atoms with E-state index < -0.39 is 153 Å². The summed E-state index contributed by atoms with van der Waals surface area (Å²) in [7, 11) is 0. The molecule has 5 aromatic carbocycles. The number of carbonyl (C=O) groups excluding carboxylic acids is 3. The number of benzene rings is 5. The molecule has 2 aliphatic heterocycles. The van der Waals surface area contributed by atoms with Gasteiger partial charge in [0, 0.05) is 64.4 Å². The molecule has 8 rings (SSSR count). The molecule has 0 radical (unpaired) electrons. The molecule has 64 heavy (non-hydrogen) atoms. The second-order valence-electron chi connectivity index (χ2n) is 14.9. The molecule has 13 N–H and O–H groups in total. The number of Topliss-reactive ketones (excluding diaryl/α,β-unsaturated/α-hetero) is 1. The van der Waals surface area contributed by atoms with E-state index in [9.17, 15) is 80.8 Å². The summed E-state index contributed by atoms with van der Waals surface area (Å²) in [6.45, 7) is 0. The molecule has 20 heteroatoms. The Morgan fingerprint density at radius 3 is 1.80 bits per heavy atom. The third-order valence-corrected chi connectivity index (χ3v) is 10.9. The Morgan fingerprint density at radius 1 is 0.578 bits per heavy atom. The highest BCUT2D eigenvalue weighted by atomic mass is 16.6. The smallest absolute Gasteiger partial charge is 0.338 e. The van der Waals surface area contributed by atoms with Crippen molar-refractivity contribution in [1.29, 1.82) is 0 Å². The summed E-state index contributed by atoms with van der Waals surface area (Å²) in [5, 5.41) is 137. The van der Waals surface area contributed by atoms with Gasteiger partial charge in [0.2, 0.25) is 11.5 Å². The zero-order valence-corrected chi connectivity index (χ0v) is 32.4. The first-order valence-electron chi connectivity index (χ1n) is 18.8. The van der Waals surface area contributed by atoms with E-state index in [1.165, 1.54) is 12.1 Å². The Balaban J connectivity index is 1.34. The summed E-state index contributed by atoms with van der Waals surface area (Å²) in [6.07, 6.45) is -6.98. The van der Waals surface area contributed by atoms with E-state index in [0.717, 1.165) is 60.7 Å². The second kappa shape index (κ2) is 15.6. The van der Waals surface area contributed by atoms with E-state index in [1.54, 1.807) is 0 Å². The minimum atomic E-state index is -1.85. The number of carbonyl (C=O) groups is 3. The highest BCUT2D eigenvalue weighted by molar-refractivity contribution is 6.04. The lowest BCUT2D eigenvalue weighted by molar-refractivity contribution is -0.152. The molecule has 0 fully saturated rings. The largest absolute Gasteiger partial charge is 0.508 e. The maximum Gasteiger partial charge on any atom is 0.338 e. The van der Waals surface area contributed by atoms with E-state index in [2.05, 4.69) is 0 Å². The molecule has 5 atom stereocenters. The van der Waals surface area contributed by atoms with Crippen molar-refractivity contribution < 1.29 is 99.7 Å². The van der Waals surface area contributed by atoms with Crippen molar-refractivity contribution in [1.82, 2.24) is 0 Å². The van der Waals surface area contributed by atoms with Crippen molar-refractivity contribution in [3.63, 3.8) is 0 Å². The van der Waals surface area contributed by atoms with Crippen LogP contribution < -0.4 is 9.47 Å². The molecule has 0 saturated heterocycles. The summed E-state index contributed by atoms with van der Waals surface area (Å²) in [6, 6.07) is 11.1. The van der Waals surface area contributed by atoms with Crippen molar-refractivity contribution >= 4 is 17.7 Å². The van der Waals surface area contributed by atoms with Gasteiger partial charge in [0.05, 0.1) is 11.5 Å². The fraction of sp³-hybridized carbons (Fsp3) is 0.159. The number of aromatic hydroxyl groups is 11. The number of ether oxygens (including phenoxy) is 4. The summed E-state index contributed by atoms with van der Waals surface area (Å²) < 4.78 is 24.6. The molecule has 0 saturated carbocycles. The van der Waals surface area contributed by atoms with Crippen LogP contribution in [0, 0.1) is 0 Å². The third-order valence-electron chi connectivity index (χ3n) is 10.9. The molecule has 2 heterocycles. The Kier molecular flexibility index (Phi) is 10.2. The van der Waals surface area contributed by atoms with Gasteiger partial charge in [-0.25, -0.2) is 9.59 Å². The lowest BCUT2D eigenvalue weighted by Gasteiger charge is -2.42. The Labute approximate surface area is 358 Å². The van der Waals surface area contributed by atoms with Crippen molar-refractivity contribution in [2.45, 2.75) is 43.2 Å². The molecule has 0 aromatic heterocycles. The minimum Gasteiger partial charge on any atom is -0.508 e. The summed E-state index contributed by atoms with van der Waals surface area (Å²) >= 11 is 0. The fourth-order valence-electron chi connectivity index (χ4n) is 7.84. The lowest BCUT2D eigenvalue weighted by Crippen LogP contribution is -2.40. The first kappa shape index (κ1) is 41.9. The fourth-order valence-corrected chi connectivity index (χ4v) is 7.84. The average Bonchev–Trinajstić information content (AvgIpc) is 3.23. The SMILES string of the molecule is O=C1CC(C(=O)OC2C(c3ccc(O)c(O)c3)Oc3cc(O)cc(O)c3C2c2c(O)cc(O)c3c2OC(c2ccc(O)c(O)c2)C(OC(=O)c2cc(O)c(O)c(O)c2)C3)=CC(O)=C1O. The van der Waals surface area contributed by atoms with Gasteiger partial charge in [0.25, 0.3) is 0 Å². The van der Waals surface area contributed by atoms with Crippen LogP contribution in [0.15, 0.2) is 89.9 Å². The van der Waals surface area contributed by atoms with Gasteiger partial charge in [0.1, 0.15) is 40.6 Å². The van der Waals surface area contributed by atoms with E-state index in [0.29, 0.717) is 0 Å². The first-order chi connectivity index (χ1) is 30.3. The van der Waals surface area contributed by atoms with Gasteiger partial charge >= 0.3 is 11.9 Å². The van der Waals surface area contributed by atoms with Crippen LogP contribution >= 0.6 is 0 Å². The number of rotatable bonds is 7. The molecule has 3 aliphatic rings. The van der Waals surface area contributed by atoms with Crippen LogP contribution in [0.3, 0.4) is 0 Å². The number of fused-ring (bicyclic) bond motifs is 2. The number of hydrogen-bond acceptors (Lipinski definition) is 20. The van der Waals surface area contributed by atoms with Gasteiger partial charge < -0.3 is 85.3 Å². The van der Waals surface area contributed by atoms with Gasteiger partial charge in [-0.2, -0.15) is 0 Å². The van der Waals surface area contributed by atoms with Crippen LogP contribution in [-0.4, -0.2) is 96.3 Å². The van der Waals surface area contributed by atoms with Crippen LogP contribution in [0.4, 0.5) is 0 Å². The highest BCUT2D eigenvalue weighted by Gasteiger charge is 2.50. The predicted molar refractivity (Wildman–Crippen MR) is 212 cm³/mol. The quantitative estimate of drug-likeness (QED) is 0.0774. The van der Waals surface area contributed by atoms with Crippen molar-refractivity contribution in [2.75, 3.05) is 0 Å². The summed E-state index contributed by atoms with van der Waals surface area (Å²) in [4.78, 5) is 40.1. The van der Waals surface area contributed by atoms with Gasteiger partial charge in [-0.05, 0) is 42.5 Å². The zero-order chi connectivity index (χ0) is 46.0. The Hall–Kier alpha value is -8.81. The van der Waals surface area contributed by atoms with E-state index in [-0.39, 0.29) is 33.6 Å². The number of esters is 2. The molecular weight excluding hydrogens is 848 g/mol. The van der Waals surface area contributed by atoms with E-state index in [1.807, 2.05) is 0 Å². The van der Waals surface area contributed by atoms with E-state index >= 15 is 0 Å². The normalized spacial score (nSPS) is 20.2. The number of phenols is 11. The summed E-state index contributed by atoms with van der Waals surface area (Å²) in [5.74, 6) is -15.8. The van der Waals surface area contributed by atoms with Crippen molar-refractivity contribution in [3.8, 4) is 74.7 Å². The molecule has 5 unspecified atom stereocenters. The number of aliphatic hydroxyl groups excluding tert-OH is 2. The second-order valence-corrected chi connectivity index (χ2v) is 14.9. The highest BCUT2D eigenvalue weighted by Crippen LogP contribution is 2.58. The van der Waals surface area contributed by atoms with E-state index in [4.69, 9.17) is 18.9 Å². The zero-order valence-electron chi connectivity index (χ0n) is 32.4. The molecule has 0 amide bonds. The number of aliphatic hydroxyl groups is 2. The minimum absolute atomic E-state index is 0.00882. The maximum absolute atomic E-state index is 14.1. The molecule has 20 nitrogen and oxygen atoms in total. The monoisotopic (exact) mass is 882 g/mol. The lowest BCUT2D eigenvalue weighted by atomic mass is 9.77. The molecule has 0 bridgehead atoms. The molecule has 0 spiro atoms. The predicted octanol–water partition coefficient (Wildman–Crippen LogP) is 4.75. The molecule has 5 aromatic rings. The third kappa shape index (κ3) is 7.27. The van der Waals surface area contributed by atoms with Crippen LogP contribution in [0.2, 0.25) is 0 Å². The molecule has 330 valence electrons.